The van der Waals surface area contributed by atoms with Crippen molar-refractivity contribution in [2.75, 3.05) is 19.6 Å². The molecule has 1 saturated heterocycles. The lowest BCUT2D eigenvalue weighted by Crippen LogP contribution is -2.32. The highest BCUT2D eigenvalue weighted by molar-refractivity contribution is 5.02. The van der Waals surface area contributed by atoms with Crippen LogP contribution in [0, 0.1) is 22.2 Å². The zero-order chi connectivity index (χ0) is 10.1. The van der Waals surface area contributed by atoms with E-state index in [4.69, 9.17) is 5.26 Å². The summed E-state index contributed by atoms with van der Waals surface area (Å²) < 4.78 is 0. The third-order valence-electron chi connectivity index (χ3n) is 2.52. The van der Waals surface area contributed by atoms with Gasteiger partial charge in [0.15, 0.2) is 0 Å². The van der Waals surface area contributed by atoms with E-state index >= 15 is 0 Å². The largest absolute Gasteiger partial charge is 0.301 e. The van der Waals surface area contributed by atoms with E-state index < -0.39 is 0 Å². The van der Waals surface area contributed by atoms with Gasteiger partial charge in [-0.1, -0.05) is 20.8 Å². The van der Waals surface area contributed by atoms with E-state index in [1.807, 2.05) is 0 Å². The first-order valence-electron chi connectivity index (χ1n) is 4.98. The Kier molecular flexibility index (Phi) is 2.68. The molecule has 1 unspecified atom stereocenters. The smallest absolute Gasteiger partial charge is 0.0700 e. The van der Waals surface area contributed by atoms with Crippen molar-refractivity contribution in [2.24, 2.45) is 10.8 Å². The Hall–Kier alpha value is -0.550. The third-order valence-corrected chi connectivity index (χ3v) is 2.52. The lowest BCUT2D eigenvalue weighted by Gasteiger charge is -2.26. The van der Waals surface area contributed by atoms with Gasteiger partial charge in [0.1, 0.15) is 0 Å². The van der Waals surface area contributed by atoms with Gasteiger partial charge in [-0.25, -0.2) is 0 Å². The number of nitrogens with zero attached hydrogens (tertiary/aromatic N) is 2. The molecule has 0 spiro atoms. The normalized spacial score (nSPS) is 30.4. The van der Waals surface area contributed by atoms with E-state index in [2.05, 4.69) is 38.7 Å². The van der Waals surface area contributed by atoms with Gasteiger partial charge in [-0.05, 0) is 25.3 Å². The fraction of sp³-hybridized carbons (Fsp3) is 0.909. The van der Waals surface area contributed by atoms with E-state index in [0.29, 0.717) is 5.41 Å². The predicted molar refractivity (Wildman–Crippen MR) is 54.2 cm³/mol. The molecule has 74 valence electrons. The van der Waals surface area contributed by atoms with Crippen molar-refractivity contribution in [3.05, 3.63) is 0 Å². The number of likely N-dealkylation sites (tertiary alicyclic amines) is 1. The van der Waals surface area contributed by atoms with Crippen LogP contribution in [0.4, 0.5) is 0 Å². The van der Waals surface area contributed by atoms with Gasteiger partial charge in [0.2, 0.25) is 0 Å². The summed E-state index contributed by atoms with van der Waals surface area (Å²) in [5.74, 6) is 0. The number of nitriles is 1. The van der Waals surface area contributed by atoms with Crippen LogP contribution in [0.25, 0.3) is 0 Å². The number of rotatable bonds is 1. The van der Waals surface area contributed by atoms with Crippen LogP contribution >= 0.6 is 0 Å². The molecule has 1 atom stereocenters. The van der Waals surface area contributed by atoms with Gasteiger partial charge in [-0.2, -0.15) is 5.26 Å². The van der Waals surface area contributed by atoms with Crippen LogP contribution in [-0.2, 0) is 0 Å². The first-order valence-corrected chi connectivity index (χ1v) is 4.98. The topological polar surface area (TPSA) is 27.0 Å². The summed E-state index contributed by atoms with van der Waals surface area (Å²) in [5, 5.41) is 8.96. The van der Waals surface area contributed by atoms with E-state index in [1.165, 1.54) is 0 Å². The van der Waals surface area contributed by atoms with Gasteiger partial charge < -0.3 is 4.90 Å². The molecule has 0 N–H and O–H groups in total. The molecule has 0 aromatic rings. The Labute approximate surface area is 81.5 Å². The summed E-state index contributed by atoms with van der Waals surface area (Å²) in [4.78, 5) is 2.41. The summed E-state index contributed by atoms with van der Waals surface area (Å²) in [6.45, 7) is 11.9. The van der Waals surface area contributed by atoms with Crippen LogP contribution in [0.15, 0.2) is 0 Å². The van der Waals surface area contributed by atoms with Crippen LogP contribution in [0.5, 0.6) is 0 Å². The Morgan fingerprint density at radius 3 is 2.46 bits per heavy atom. The summed E-state index contributed by atoms with van der Waals surface area (Å²) in [7, 11) is 0. The lowest BCUT2D eigenvalue weighted by molar-refractivity contribution is 0.215. The zero-order valence-corrected chi connectivity index (χ0v) is 9.22. The Morgan fingerprint density at radius 2 is 2.08 bits per heavy atom. The van der Waals surface area contributed by atoms with Crippen LogP contribution in [0.3, 0.4) is 0 Å². The van der Waals surface area contributed by atoms with Crippen LogP contribution in [-0.4, -0.2) is 24.5 Å². The Bertz CT molecular complexity index is 221. The van der Waals surface area contributed by atoms with Gasteiger partial charge in [0.05, 0.1) is 11.5 Å². The van der Waals surface area contributed by atoms with Gasteiger partial charge in [0.25, 0.3) is 0 Å². The van der Waals surface area contributed by atoms with E-state index in [1.54, 1.807) is 0 Å². The molecule has 1 aliphatic heterocycles. The van der Waals surface area contributed by atoms with E-state index in [-0.39, 0.29) is 5.41 Å². The van der Waals surface area contributed by atoms with E-state index in [0.717, 1.165) is 26.1 Å². The maximum absolute atomic E-state index is 8.96. The van der Waals surface area contributed by atoms with Crippen molar-refractivity contribution >= 4 is 0 Å². The van der Waals surface area contributed by atoms with Gasteiger partial charge in [0, 0.05) is 13.1 Å². The van der Waals surface area contributed by atoms with Crippen LogP contribution < -0.4 is 0 Å². The SMILES string of the molecule is CC(C)(C)CN1CCC(C)(C#N)C1. The molecule has 0 saturated carbocycles. The maximum atomic E-state index is 8.96. The minimum absolute atomic E-state index is 0.0920. The highest BCUT2D eigenvalue weighted by atomic mass is 15.2. The highest BCUT2D eigenvalue weighted by Gasteiger charge is 2.34. The lowest BCUT2D eigenvalue weighted by atomic mass is 9.92. The van der Waals surface area contributed by atoms with Crippen LogP contribution in [0.1, 0.15) is 34.1 Å². The summed E-state index contributed by atoms with van der Waals surface area (Å²) in [5.41, 5.74) is 0.256. The average Bonchev–Trinajstić information content (AvgIpc) is 2.30. The van der Waals surface area contributed by atoms with E-state index in [9.17, 15) is 0 Å². The number of hydrogen-bond donors (Lipinski definition) is 0. The van der Waals surface area contributed by atoms with Crippen molar-refractivity contribution in [1.82, 2.24) is 4.90 Å². The molecule has 2 nitrogen and oxygen atoms in total. The molecule has 13 heavy (non-hydrogen) atoms. The molecule has 0 radical (unpaired) electrons. The molecule has 0 bridgehead atoms. The second-order valence-corrected chi connectivity index (χ2v) is 5.69. The van der Waals surface area contributed by atoms with Crippen molar-refractivity contribution in [1.29, 1.82) is 5.26 Å². The first kappa shape index (κ1) is 10.5. The molecule has 0 aromatic carbocycles. The molecule has 1 aliphatic rings. The molecule has 0 amide bonds. The minimum atomic E-state index is -0.0920. The van der Waals surface area contributed by atoms with Crippen molar-refractivity contribution < 1.29 is 0 Å². The Balaban J connectivity index is 2.48. The minimum Gasteiger partial charge on any atom is -0.301 e. The average molecular weight is 180 g/mol. The second kappa shape index (κ2) is 3.31. The summed E-state index contributed by atoms with van der Waals surface area (Å²) >= 11 is 0. The fourth-order valence-corrected chi connectivity index (χ4v) is 1.95. The molecule has 2 heteroatoms. The first-order chi connectivity index (χ1) is 5.85. The van der Waals surface area contributed by atoms with Crippen molar-refractivity contribution in [3.63, 3.8) is 0 Å². The molecule has 1 heterocycles. The molecule has 1 rings (SSSR count). The highest BCUT2D eigenvalue weighted by Crippen LogP contribution is 2.30. The predicted octanol–water partition coefficient (Wildman–Crippen LogP) is 2.27. The Morgan fingerprint density at radius 1 is 1.46 bits per heavy atom. The number of hydrogen-bond acceptors (Lipinski definition) is 2. The third kappa shape index (κ3) is 3.00. The molecule has 1 fully saturated rings. The van der Waals surface area contributed by atoms with Gasteiger partial charge in [-0.3, -0.25) is 0 Å². The van der Waals surface area contributed by atoms with Gasteiger partial charge >= 0.3 is 0 Å². The van der Waals surface area contributed by atoms with Gasteiger partial charge in [-0.15, -0.1) is 0 Å². The standard InChI is InChI=1S/C11H20N2/c1-10(2,3)8-13-6-5-11(4,7-12)9-13/h5-6,8-9H2,1-4H3. The fourth-order valence-electron chi connectivity index (χ4n) is 1.95. The quantitative estimate of drug-likeness (QED) is 0.619. The maximum Gasteiger partial charge on any atom is 0.0700 e. The zero-order valence-electron chi connectivity index (χ0n) is 9.22. The molecular weight excluding hydrogens is 160 g/mol. The summed E-state index contributed by atoms with van der Waals surface area (Å²) in [6, 6.07) is 2.41. The molecular formula is C11H20N2. The monoisotopic (exact) mass is 180 g/mol. The van der Waals surface area contributed by atoms with Crippen molar-refractivity contribution in [2.45, 2.75) is 34.1 Å². The van der Waals surface area contributed by atoms with Crippen molar-refractivity contribution in [3.8, 4) is 6.07 Å². The second-order valence-electron chi connectivity index (χ2n) is 5.69. The molecule has 0 aromatic heterocycles. The molecule has 0 aliphatic carbocycles. The summed E-state index contributed by atoms with van der Waals surface area (Å²) in [6.07, 6.45) is 1.03. The van der Waals surface area contributed by atoms with Crippen LogP contribution in [0.2, 0.25) is 0 Å².